The number of nitrogens with two attached hydrogens (primary N) is 1. The maximum absolute atomic E-state index is 14.4. The molecule has 1 aliphatic heterocycles. The quantitative estimate of drug-likeness (QED) is 0.0255. The highest BCUT2D eigenvalue weighted by molar-refractivity contribution is 8.00. The Balaban J connectivity index is 1.91. The average molecular weight is 1090 g/mol. The number of aromatic hydroxyl groups is 1. The Morgan fingerprint density at radius 3 is 2.29 bits per heavy atom. The summed E-state index contributed by atoms with van der Waals surface area (Å²) in [6.45, 7) is 14.5. The van der Waals surface area contributed by atoms with E-state index in [1.807, 2.05) is 60.5 Å². The van der Waals surface area contributed by atoms with E-state index in [2.05, 4.69) is 15.6 Å². The number of carbonyl (C=O) groups is 9. The lowest BCUT2D eigenvalue weighted by Crippen LogP contribution is -2.50. The number of aromatic nitrogens is 1. The number of anilines is 1. The van der Waals surface area contributed by atoms with Gasteiger partial charge in [-0.3, -0.25) is 53.0 Å². The molecule has 0 spiro atoms. The number of likely N-dealkylation sites (N-methyl/N-ethyl adjacent to an activating group) is 1. The van der Waals surface area contributed by atoms with Gasteiger partial charge in [0.2, 0.25) is 23.6 Å². The zero-order valence-corrected chi connectivity index (χ0v) is 47.4. The number of hydrogen-bond acceptors (Lipinski definition) is 17. The van der Waals surface area contributed by atoms with Crippen LogP contribution >= 0.6 is 23.1 Å². The number of esters is 1. The van der Waals surface area contributed by atoms with Gasteiger partial charge in [-0.15, -0.1) is 11.3 Å². The van der Waals surface area contributed by atoms with Gasteiger partial charge in [-0.25, -0.2) is 4.98 Å². The van der Waals surface area contributed by atoms with Crippen LogP contribution < -0.4 is 16.4 Å². The molecule has 22 heteroatoms. The molecule has 0 saturated carbocycles. The van der Waals surface area contributed by atoms with Crippen LogP contribution in [0.25, 0.3) is 0 Å². The Labute approximate surface area is 450 Å². The van der Waals surface area contributed by atoms with E-state index < -0.39 is 70.5 Å². The normalized spacial score (nSPS) is 16.7. The minimum absolute atomic E-state index is 0.0246. The lowest BCUT2D eigenvalue weighted by atomic mass is 9.81. The maximum atomic E-state index is 14.4. The van der Waals surface area contributed by atoms with Crippen molar-refractivity contribution >= 4 is 81.8 Å². The summed E-state index contributed by atoms with van der Waals surface area (Å²) >= 11 is 2.38. The number of ether oxygens (including phenoxy) is 2. The predicted molar refractivity (Wildman–Crippen MR) is 287 cm³/mol. The molecule has 1 saturated heterocycles. The van der Waals surface area contributed by atoms with Crippen molar-refractivity contribution in [3.05, 3.63) is 39.8 Å². The second-order valence-electron chi connectivity index (χ2n) is 20.6. The number of imide groups is 1. The van der Waals surface area contributed by atoms with Crippen LogP contribution in [0.1, 0.15) is 134 Å². The van der Waals surface area contributed by atoms with Crippen molar-refractivity contribution in [2.45, 2.75) is 142 Å². The fraction of sp³-hybridized carbons (Fsp3) is 0.660. The summed E-state index contributed by atoms with van der Waals surface area (Å²) in [5.74, 6) is -7.18. The SMILES string of the molecule is CC[C@H](C)[C@H](CC(=O)C(C)(C)N(C)C)C(=O)N(C)[C@H](C[C@@H](OC(C)=O)c1nc(C(=O)N[C@@H](Cc2ccc(O)c(NC(=O)CCCN3C(=O)CC(SC)C3=O)c2)CC(C)C(=O)C[C@@H](COCCN)C(=O)O)cs1)C(C)C. The molecule has 0 bridgehead atoms. The lowest BCUT2D eigenvalue weighted by molar-refractivity contribution is -0.150. The van der Waals surface area contributed by atoms with Crippen LogP contribution in [0.5, 0.6) is 5.75 Å². The van der Waals surface area contributed by atoms with Gasteiger partial charge in [0, 0.05) is 88.5 Å². The largest absolute Gasteiger partial charge is 0.506 e. The van der Waals surface area contributed by atoms with E-state index in [0.29, 0.717) is 17.0 Å². The molecular formula is C53H81N7O13S2. The number of carboxylic acids is 1. The number of carboxylic acid groups (broad SMARTS) is 1. The van der Waals surface area contributed by atoms with Crippen LogP contribution in [0, 0.1) is 29.6 Å². The molecule has 0 radical (unpaired) electrons. The van der Waals surface area contributed by atoms with Crippen LogP contribution in [0.15, 0.2) is 23.6 Å². The molecule has 1 fully saturated rings. The van der Waals surface area contributed by atoms with Gasteiger partial charge in [0.15, 0.2) is 11.9 Å². The number of nitrogens with one attached hydrogen (secondary N) is 2. The second kappa shape index (κ2) is 29.9. The molecule has 8 atom stereocenters. The van der Waals surface area contributed by atoms with Crippen LogP contribution in [0.2, 0.25) is 0 Å². The maximum Gasteiger partial charge on any atom is 0.309 e. The topological polar surface area (TPSA) is 285 Å². The van der Waals surface area contributed by atoms with Crippen LogP contribution in [-0.4, -0.2) is 160 Å². The zero-order chi connectivity index (χ0) is 56.5. The molecular weight excluding hydrogens is 1010 g/mol. The van der Waals surface area contributed by atoms with Crippen molar-refractivity contribution in [3.8, 4) is 5.75 Å². The first-order valence-electron chi connectivity index (χ1n) is 25.6. The standard InChI is InChI=1S/C53H81N7O13S2/c1-13-31(4)37(25-45(64)53(7,8)58(9)10)50(68)59(11)40(30(2)3)26-43(73-33(6)61)49-57-39(29-75-49)48(67)55-36(21-32(5)42(63)24-35(52(70)71)28-72-20-18-54)22-34-16-17-41(62)38(23-34)56-46(65)15-14-19-60-47(66)27-44(74-12)51(60)69/h16-17,23,29-32,35-37,40,43-44,62H,13-15,18-22,24-28,54H2,1-12H3,(H,55,67)(H,56,65)(H,70,71)/t31-,32?,35-,36+,37-,40+,43+,44?/m0/s1. The molecule has 2 aromatic rings. The highest BCUT2D eigenvalue weighted by Crippen LogP contribution is 2.34. The monoisotopic (exact) mass is 1090 g/mol. The zero-order valence-electron chi connectivity index (χ0n) is 45.8. The van der Waals surface area contributed by atoms with E-state index >= 15 is 0 Å². The van der Waals surface area contributed by atoms with Crippen molar-refractivity contribution in [1.82, 2.24) is 25.0 Å². The third kappa shape index (κ3) is 18.7. The van der Waals surface area contributed by atoms with Gasteiger partial charge < -0.3 is 41.0 Å². The fourth-order valence-electron chi connectivity index (χ4n) is 8.74. The smallest absolute Gasteiger partial charge is 0.309 e. The number of thioether (sulfide) groups is 1. The molecule has 1 aromatic heterocycles. The molecule has 2 unspecified atom stereocenters. The summed E-state index contributed by atoms with van der Waals surface area (Å²) in [6, 6.07) is 3.20. The van der Waals surface area contributed by atoms with E-state index in [9.17, 15) is 53.4 Å². The average Bonchev–Trinajstić information content (AvgIpc) is 3.95. The summed E-state index contributed by atoms with van der Waals surface area (Å²) in [5.41, 5.74) is 5.28. The van der Waals surface area contributed by atoms with E-state index in [1.54, 1.807) is 31.2 Å². The summed E-state index contributed by atoms with van der Waals surface area (Å²) in [4.78, 5) is 128. The van der Waals surface area contributed by atoms with Crippen molar-refractivity contribution in [3.63, 3.8) is 0 Å². The highest BCUT2D eigenvalue weighted by Gasteiger charge is 2.40. The molecule has 6 N–H and O–H groups in total. The number of phenols is 1. The van der Waals surface area contributed by atoms with Crippen LogP contribution in [-0.2, 0) is 54.3 Å². The Hall–Kier alpha value is -5.29. The van der Waals surface area contributed by atoms with Gasteiger partial charge >= 0.3 is 11.9 Å². The molecule has 1 aromatic carbocycles. The molecule has 0 aliphatic carbocycles. The van der Waals surface area contributed by atoms with Crippen molar-refractivity contribution in [1.29, 1.82) is 0 Å². The Bertz CT molecular complexity index is 2320. The molecule has 75 heavy (non-hydrogen) atoms. The molecule has 5 amide bonds. The first kappa shape index (κ1) is 64.0. The number of amides is 5. The number of phenolic OH excluding ortho intramolecular Hbond substituents is 1. The minimum Gasteiger partial charge on any atom is -0.506 e. The number of benzene rings is 1. The van der Waals surface area contributed by atoms with Crippen molar-refractivity contribution in [2.75, 3.05) is 59.0 Å². The molecule has 418 valence electrons. The molecule has 1 aliphatic rings. The number of Topliss-reactive ketones (excluding diaryl/α,β-unsaturated/α-hetero) is 2. The number of ketones is 2. The van der Waals surface area contributed by atoms with E-state index in [4.69, 9.17) is 15.2 Å². The number of nitrogens with zero attached hydrogens (tertiary/aromatic N) is 4. The van der Waals surface area contributed by atoms with Crippen LogP contribution in [0.3, 0.4) is 0 Å². The van der Waals surface area contributed by atoms with Gasteiger partial charge in [0.25, 0.3) is 5.91 Å². The number of hydrogen-bond donors (Lipinski definition) is 5. The number of rotatable bonds is 33. The second-order valence-corrected chi connectivity index (χ2v) is 22.6. The van der Waals surface area contributed by atoms with Gasteiger partial charge in [-0.1, -0.05) is 47.1 Å². The summed E-state index contributed by atoms with van der Waals surface area (Å²) in [5, 5.41) is 27.6. The van der Waals surface area contributed by atoms with E-state index in [0.717, 1.165) is 16.2 Å². The number of aliphatic carboxylic acids is 1. The Morgan fingerprint density at radius 2 is 1.72 bits per heavy atom. The Kier molecular flexibility index (Phi) is 25.5. The molecule has 20 nitrogen and oxygen atoms in total. The summed E-state index contributed by atoms with van der Waals surface area (Å²) in [7, 11) is 5.34. The number of thiazole rings is 1. The van der Waals surface area contributed by atoms with Crippen molar-refractivity contribution in [2.24, 2.45) is 35.3 Å². The third-order valence-corrected chi connectivity index (χ3v) is 16.1. The lowest BCUT2D eigenvalue weighted by Gasteiger charge is -2.38. The predicted octanol–water partition coefficient (Wildman–Crippen LogP) is 5.50. The van der Waals surface area contributed by atoms with Crippen molar-refractivity contribution < 1.29 is 62.8 Å². The van der Waals surface area contributed by atoms with E-state index in [-0.39, 0.29) is 136 Å². The highest BCUT2D eigenvalue weighted by atomic mass is 32.2. The van der Waals surface area contributed by atoms with Gasteiger partial charge in [0.05, 0.1) is 35.6 Å². The first-order chi connectivity index (χ1) is 35.2. The summed E-state index contributed by atoms with van der Waals surface area (Å²) < 4.78 is 11.2. The Morgan fingerprint density at radius 1 is 1.04 bits per heavy atom. The van der Waals surface area contributed by atoms with Gasteiger partial charge in [0.1, 0.15) is 22.2 Å². The fourth-order valence-corrected chi connectivity index (χ4v) is 10.2. The third-order valence-electron chi connectivity index (χ3n) is 14.3. The molecule has 2 heterocycles. The summed E-state index contributed by atoms with van der Waals surface area (Å²) in [6.07, 6.45) is 1.64. The number of likely N-dealkylation sites (tertiary alicyclic amines) is 1. The first-order valence-corrected chi connectivity index (χ1v) is 27.8. The van der Waals surface area contributed by atoms with E-state index in [1.165, 1.54) is 36.2 Å². The minimum atomic E-state index is -1.21. The van der Waals surface area contributed by atoms with Crippen LogP contribution in [0.4, 0.5) is 5.69 Å². The number of carbonyl (C=O) groups excluding carboxylic acids is 8. The van der Waals surface area contributed by atoms with Gasteiger partial charge in [-0.05, 0) is 83.0 Å². The van der Waals surface area contributed by atoms with Gasteiger partial charge in [-0.2, -0.15) is 11.8 Å². The molecule has 3 rings (SSSR count).